The standard InChI is InChI=1S/C12H19N3O/c1-9-6-10(13)7-14-11(9)15-8-12(16)4-2-3-5-12/h6-7,16H,2-5,8,13H2,1H3,(H,14,15). The number of aliphatic hydroxyl groups is 1. The fourth-order valence-corrected chi connectivity index (χ4v) is 2.24. The molecular formula is C12H19N3O. The molecule has 1 heterocycles. The minimum atomic E-state index is -0.546. The van der Waals surface area contributed by atoms with Crippen molar-refractivity contribution in [1.29, 1.82) is 0 Å². The average molecular weight is 221 g/mol. The van der Waals surface area contributed by atoms with Crippen molar-refractivity contribution in [2.24, 2.45) is 0 Å². The van der Waals surface area contributed by atoms with Crippen LogP contribution in [0.15, 0.2) is 12.3 Å². The lowest BCUT2D eigenvalue weighted by atomic mass is 10.0. The van der Waals surface area contributed by atoms with Gasteiger partial charge in [-0.3, -0.25) is 0 Å². The minimum Gasteiger partial charge on any atom is -0.397 e. The van der Waals surface area contributed by atoms with E-state index < -0.39 is 5.60 Å². The first-order chi connectivity index (χ1) is 7.59. The Labute approximate surface area is 95.9 Å². The fourth-order valence-electron chi connectivity index (χ4n) is 2.24. The van der Waals surface area contributed by atoms with Gasteiger partial charge < -0.3 is 16.2 Å². The Kier molecular flexibility index (Phi) is 3.01. The number of hydrogen-bond donors (Lipinski definition) is 3. The van der Waals surface area contributed by atoms with Gasteiger partial charge in [-0.15, -0.1) is 0 Å². The van der Waals surface area contributed by atoms with Crippen LogP contribution in [0, 0.1) is 6.92 Å². The summed E-state index contributed by atoms with van der Waals surface area (Å²) < 4.78 is 0. The van der Waals surface area contributed by atoms with E-state index in [-0.39, 0.29) is 0 Å². The van der Waals surface area contributed by atoms with Crippen LogP contribution in [0.2, 0.25) is 0 Å². The molecule has 0 unspecified atom stereocenters. The van der Waals surface area contributed by atoms with Gasteiger partial charge in [-0.2, -0.15) is 0 Å². The smallest absolute Gasteiger partial charge is 0.129 e. The number of pyridine rings is 1. The van der Waals surface area contributed by atoms with Crippen molar-refractivity contribution in [3.05, 3.63) is 17.8 Å². The van der Waals surface area contributed by atoms with E-state index in [4.69, 9.17) is 5.73 Å². The first-order valence-corrected chi connectivity index (χ1v) is 5.77. The third-order valence-corrected chi connectivity index (χ3v) is 3.22. The Morgan fingerprint density at radius 1 is 1.50 bits per heavy atom. The van der Waals surface area contributed by atoms with Gasteiger partial charge in [0.1, 0.15) is 5.82 Å². The molecule has 2 rings (SSSR count). The number of nitrogen functional groups attached to an aromatic ring is 1. The molecule has 1 saturated carbocycles. The Morgan fingerprint density at radius 3 is 2.81 bits per heavy atom. The monoisotopic (exact) mass is 221 g/mol. The molecule has 0 radical (unpaired) electrons. The molecule has 88 valence electrons. The van der Waals surface area contributed by atoms with Crippen molar-refractivity contribution in [3.63, 3.8) is 0 Å². The number of aryl methyl sites for hydroxylation is 1. The van der Waals surface area contributed by atoms with Crippen LogP contribution in [-0.2, 0) is 0 Å². The van der Waals surface area contributed by atoms with E-state index >= 15 is 0 Å². The topological polar surface area (TPSA) is 71.2 Å². The summed E-state index contributed by atoms with van der Waals surface area (Å²) in [6, 6.07) is 1.88. The number of nitrogens with two attached hydrogens (primary N) is 1. The van der Waals surface area contributed by atoms with Crippen LogP contribution in [0.5, 0.6) is 0 Å². The van der Waals surface area contributed by atoms with Gasteiger partial charge in [0.25, 0.3) is 0 Å². The van der Waals surface area contributed by atoms with Crippen LogP contribution >= 0.6 is 0 Å². The number of anilines is 2. The number of rotatable bonds is 3. The molecular weight excluding hydrogens is 202 g/mol. The molecule has 0 bridgehead atoms. The average Bonchev–Trinajstić information content (AvgIpc) is 2.64. The van der Waals surface area contributed by atoms with Gasteiger partial charge in [0, 0.05) is 6.54 Å². The van der Waals surface area contributed by atoms with Gasteiger partial charge in [-0.05, 0) is 31.4 Å². The number of nitrogens with one attached hydrogen (secondary N) is 1. The van der Waals surface area contributed by atoms with Crippen LogP contribution in [0.1, 0.15) is 31.2 Å². The predicted molar refractivity (Wildman–Crippen MR) is 65.3 cm³/mol. The first-order valence-electron chi connectivity index (χ1n) is 5.77. The number of nitrogens with zero attached hydrogens (tertiary/aromatic N) is 1. The molecule has 4 nitrogen and oxygen atoms in total. The summed E-state index contributed by atoms with van der Waals surface area (Å²) in [6.07, 6.45) is 5.63. The Morgan fingerprint density at radius 2 is 2.19 bits per heavy atom. The second-order valence-corrected chi connectivity index (χ2v) is 4.72. The highest BCUT2D eigenvalue weighted by Gasteiger charge is 2.30. The molecule has 4 heteroatoms. The van der Waals surface area contributed by atoms with Gasteiger partial charge in [0.05, 0.1) is 17.5 Å². The normalized spacial score (nSPS) is 18.6. The van der Waals surface area contributed by atoms with E-state index in [1.54, 1.807) is 6.20 Å². The zero-order chi connectivity index (χ0) is 11.6. The van der Waals surface area contributed by atoms with Crippen molar-refractivity contribution in [2.45, 2.75) is 38.2 Å². The van der Waals surface area contributed by atoms with Crippen molar-refractivity contribution < 1.29 is 5.11 Å². The molecule has 0 aromatic carbocycles. The summed E-state index contributed by atoms with van der Waals surface area (Å²) in [5.41, 5.74) is 6.77. The molecule has 1 aliphatic carbocycles. The highest BCUT2D eigenvalue weighted by molar-refractivity contribution is 5.50. The van der Waals surface area contributed by atoms with Gasteiger partial charge in [-0.1, -0.05) is 12.8 Å². The summed E-state index contributed by atoms with van der Waals surface area (Å²) in [4.78, 5) is 4.22. The highest BCUT2D eigenvalue weighted by Crippen LogP contribution is 2.29. The van der Waals surface area contributed by atoms with Crippen LogP contribution in [-0.4, -0.2) is 22.2 Å². The highest BCUT2D eigenvalue weighted by atomic mass is 16.3. The maximum absolute atomic E-state index is 10.2. The summed E-state index contributed by atoms with van der Waals surface area (Å²) in [5.74, 6) is 0.814. The van der Waals surface area contributed by atoms with E-state index in [0.29, 0.717) is 12.2 Å². The van der Waals surface area contributed by atoms with Crippen molar-refractivity contribution in [1.82, 2.24) is 4.98 Å². The van der Waals surface area contributed by atoms with Gasteiger partial charge >= 0.3 is 0 Å². The lowest BCUT2D eigenvalue weighted by molar-refractivity contribution is 0.0614. The molecule has 0 amide bonds. The molecule has 1 aliphatic rings. The van der Waals surface area contributed by atoms with Crippen LogP contribution in [0.3, 0.4) is 0 Å². The molecule has 1 aromatic heterocycles. The van der Waals surface area contributed by atoms with Crippen LogP contribution in [0.25, 0.3) is 0 Å². The van der Waals surface area contributed by atoms with Crippen LogP contribution < -0.4 is 11.1 Å². The molecule has 0 aliphatic heterocycles. The van der Waals surface area contributed by atoms with Crippen LogP contribution in [0.4, 0.5) is 11.5 Å². The number of aromatic nitrogens is 1. The molecule has 1 aromatic rings. The molecule has 4 N–H and O–H groups in total. The van der Waals surface area contributed by atoms with E-state index in [9.17, 15) is 5.11 Å². The fraction of sp³-hybridized carbons (Fsp3) is 0.583. The molecule has 0 spiro atoms. The molecule has 0 atom stereocenters. The Bertz CT molecular complexity index is 373. The zero-order valence-electron chi connectivity index (χ0n) is 9.66. The lowest BCUT2D eigenvalue weighted by Gasteiger charge is -2.23. The maximum Gasteiger partial charge on any atom is 0.129 e. The van der Waals surface area contributed by atoms with E-state index in [1.165, 1.54) is 0 Å². The van der Waals surface area contributed by atoms with Gasteiger partial charge in [0.15, 0.2) is 0 Å². The molecule has 1 fully saturated rings. The second-order valence-electron chi connectivity index (χ2n) is 4.72. The SMILES string of the molecule is Cc1cc(N)cnc1NCC1(O)CCCC1. The van der Waals surface area contributed by atoms with E-state index in [0.717, 1.165) is 37.1 Å². The Balaban J connectivity index is 1.99. The van der Waals surface area contributed by atoms with Crippen molar-refractivity contribution in [2.75, 3.05) is 17.6 Å². The van der Waals surface area contributed by atoms with Gasteiger partial charge in [-0.25, -0.2) is 4.98 Å². The third-order valence-electron chi connectivity index (χ3n) is 3.22. The summed E-state index contributed by atoms with van der Waals surface area (Å²) in [7, 11) is 0. The predicted octanol–water partition coefficient (Wildman–Crippen LogP) is 1.69. The molecule has 0 saturated heterocycles. The number of hydrogen-bond acceptors (Lipinski definition) is 4. The lowest BCUT2D eigenvalue weighted by Crippen LogP contribution is -2.33. The summed E-state index contributed by atoms with van der Waals surface area (Å²) in [5, 5.41) is 13.4. The second kappa shape index (κ2) is 4.29. The summed E-state index contributed by atoms with van der Waals surface area (Å²) >= 11 is 0. The van der Waals surface area contributed by atoms with E-state index in [1.807, 2.05) is 13.0 Å². The van der Waals surface area contributed by atoms with E-state index in [2.05, 4.69) is 10.3 Å². The third kappa shape index (κ3) is 2.44. The largest absolute Gasteiger partial charge is 0.397 e. The Hall–Kier alpha value is -1.29. The van der Waals surface area contributed by atoms with Gasteiger partial charge in [0.2, 0.25) is 0 Å². The van der Waals surface area contributed by atoms with Crippen molar-refractivity contribution in [3.8, 4) is 0 Å². The summed E-state index contributed by atoms with van der Waals surface area (Å²) in [6.45, 7) is 2.54. The maximum atomic E-state index is 10.2. The van der Waals surface area contributed by atoms with Crippen molar-refractivity contribution >= 4 is 11.5 Å². The molecule has 16 heavy (non-hydrogen) atoms. The minimum absolute atomic E-state index is 0.546. The zero-order valence-corrected chi connectivity index (χ0v) is 9.66. The quantitative estimate of drug-likeness (QED) is 0.726. The first kappa shape index (κ1) is 11.2.